The molecule has 7 rings (SSSR count). The summed E-state index contributed by atoms with van der Waals surface area (Å²) in [4.78, 5) is 95.6. The standard InChI is InChI=1S/C43H48ClN9O6S/c1-26-10-8-14-32(44)39(26)50-41(58)34-24-45-43(60-34)48-35-23-36(47-27(2)46-35)51-18-20-52(21-19-51)38(56)15-7-5-3-4-6-12-29(54)22-28-11-9-13-30-31(28)25-53(42(30)59)33-16-17-37(55)49-40(33)57/h8-11,13-14,23-24,33H,3-7,12,15-22,25H2,1-2H3,(H,50,58)(H,49,55,57)(H,45,46,47,48). The number of fused-ring (bicyclic) bond motifs is 1. The molecule has 0 radical (unpaired) electrons. The number of thiazole rings is 1. The highest BCUT2D eigenvalue weighted by molar-refractivity contribution is 7.17. The van der Waals surface area contributed by atoms with Crippen molar-refractivity contribution in [1.82, 2.24) is 30.1 Å². The number of anilines is 4. The van der Waals surface area contributed by atoms with E-state index in [1.807, 2.05) is 43.0 Å². The van der Waals surface area contributed by atoms with Crippen molar-refractivity contribution in [3.63, 3.8) is 0 Å². The Bertz CT molecular complexity index is 2290. The van der Waals surface area contributed by atoms with E-state index in [4.69, 9.17) is 11.6 Å². The fourth-order valence-corrected chi connectivity index (χ4v) is 8.87. The van der Waals surface area contributed by atoms with Crippen LogP contribution in [0.5, 0.6) is 0 Å². The minimum atomic E-state index is -0.689. The summed E-state index contributed by atoms with van der Waals surface area (Å²) < 4.78 is 0. The Balaban J connectivity index is 0.789. The van der Waals surface area contributed by atoms with Crippen molar-refractivity contribution in [2.75, 3.05) is 41.7 Å². The number of aromatic nitrogens is 3. The molecule has 3 aliphatic heterocycles. The number of para-hydroxylation sites is 1. The lowest BCUT2D eigenvalue weighted by Crippen LogP contribution is -2.52. The molecule has 5 heterocycles. The maximum Gasteiger partial charge on any atom is 0.267 e. The Morgan fingerprint density at radius 3 is 2.45 bits per heavy atom. The van der Waals surface area contributed by atoms with Gasteiger partial charge < -0.3 is 25.3 Å². The van der Waals surface area contributed by atoms with Crippen molar-refractivity contribution < 1.29 is 28.8 Å². The third-order valence-corrected chi connectivity index (χ3v) is 12.3. The zero-order valence-electron chi connectivity index (χ0n) is 33.7. The van der Waals surface area contributed by atoms with E-state index in [2.05, 4.69) is 35.8 Å². The Morgan fingerprint density at radius 2 is 1.68 bits per heavy atom. The van der Waals surface area contributed by atoms with E-state index in [9.17, 15) is 28.8 Å². The number of rotatable bonds is 16. The molecule has 17 heteroatoms. The van der Waals surface area contributed by atoms with E-state index in [1.165, 1.54) is 22.4 Å². The molecule has 5 amide bonds. The van der Waals surface area contributed by atoms with Crippen molar-refractivity contribution in [3.05, 3.63) is 86.6 Å². The minimum absolute atomic E-state index is 0.106. The number of carbonyl (C=O) groups excluding carboxylic acids is 6. The van der Waals surface area contributed by atoms with Gasteiger partial charge in [-0.05, 0) is 61.9 Å². The van der Waals surface area contributed by atoms with Crippen LogP contribution in [0.2, 0.25) is 5.02 Å². The molecule has 314 valence electrons. The molecule has 3 N–H and O–H groups in total. The van der Waals surface area contributed by atoms with Gasteiger partial charge in [-0.2, -0.15) is 0 Å². The summed E-state index contributed by atoms with van der Waals surface area (Å²) in [6.45, 7) is 6.41. The third kappa shape index (κ3) is 10.2. The molecule has 1 unspecified atom stereocenters. The van der Waals surface area contributed by atoms with Crippen molar-refractivity contribution >= 4 is 80.7 Å². The zero-order chi connectivity index (χ0) is 42.3. The van der Waals surface area contributed by atoms with Gasteiger partial charge in [-0.3, -0.25) is 34.1 Å². The van der Waals surface area contributed by atoms with Crippen LogP contribution in [-0.2, 0) is 32.1 Å². The number of ketones is 1. The summed E-state index contributed by atoms with van der Waals surface area (Å²) in [5.41, 5.74) is 3.54. The molecule has 0 saturated carbocycles. The molecule has 2 saturated heterocycles. The first kappa shape index (κ1) is 42.4. The average molecular weight is 854 g/mol. The van der Waals surface area contributed by atoms with Gasteiger partial charge in [0.2, 0.25) is 17.7 Å². The second kappa shape index (κ2) is 19.1. The molecule has 0 aliphatic carbocycles. The number of hydrogen-bond donors (Lipinski definition) is 3. The summed E-state index contributed by atoms with van der Waals surface area (Å²) in [6.07, 6.45) is 7.45. The van der Waals surface area contributed by atoms with Crippen LogP contribution in [-0.4, -0.2) is 92.3 Å². The number of carbonyl (C=O) groups is 6. The molecule has 3 aliphatic rings. The molecule has 0 spiro atoms. The molecule has 0 bridgehead atoms. The van der Waals surface area contributed by atoms with E-state index in [0.717, 1.165) is 54.6 Å². The number of piperidine rings is 1. The van der Waals surface area contributed by atoms with E-state index in [1.54, 1.807) is 18.2 Å². The summed E-state index contributed by atoms with van der Waals surface area (Å²) in [5.74, 6) is 0.810. The predicted octanol–water partition coefficient (Wildman–Crippen LogP) is 6.15. The summed E-state index contributed by atoms with van der Waals surface area (Å²) in [5, 5.41) is 9.37. The number of imide groups is 1. The smallest absolute Gasteiger partial charge is 0.267 e. The topological polar surface area (TPSA) is 187 Å². The van der Waals surface area contributed by atoms with Crippen LogP contribution in [0.15, 0.2) is 48.7 Å². The quantitative estimate of drug-likeness (QED) is 0.0867. The van der Waals surface area contributed by atoms with E-state index < -0.39 is 11.9 Å². The largest absolute Gasteiger partial charge is 0.353 e. The van der Waals surface area contributed by atoms with Crippen molar-refractivity contribution in [2.45, 2.75) is 90.6 Å². The molecule has 4 aromatic rings. The number of hydrogen-bond acceptors (Lipinski definition) is 12. The highest BCUT2D eigenvalue weighted by atomic mass is 35.5. The number of nitrogens with one attached hydrogen (secondary N) is 3. The fourth-order valence-electron chi connectivity index (χ4n) is 7.88. The lowest BCUT2D eigenvalue weighted by molar-refractivity contribution is -0.137. The van der Waals surface area contributed by atoms with Gasteiger partial charge in [-0.1, -0.05) is 66.5 Å². The summed E-state index contributed by atoms with van der Waals surface area (Å²) in [6, 6.07) is 12.0. The Kier molecular flexibility index (Phi) is 13.5. The highest BCUT2D eigenvalue weighted by Crippen LogP contribution is 2.31. The first-order chi connectivity index (χ1) is 28.9. The first-order valence-electron chi connectivity index (χ1n) is 20.4. The van der Waals surface area contributed by atoms with Crippen LogP contribution in [0.3, 0.4) is 0 Å². The second-order valence-corrected chi connectivity index (χ2v) is 16.8. The van der Waals surface area contributed by atoms with Crippen LogP contribution in [0.4, 0.5) is 22.5 Å². The van der Waals surface area contributed by atoms with Gasteiger partial charge in [0, 0.05) is 70.0 Å². The summed E-state index contributed by atoms with van der Waals surface area (Å²) >= 11 is 7.49. The number of Topliss-reactive ketones (excluding diaryl/α,β-unsaturated/α-hetero) is 1. The maximum absolute atomic E-state index is 13.1. The van der Waals surface area contributed by atoms with Gasteiger partial charge in [0.05, 0.1) is 16.9 Å². The molecule has 2 aromatic carbocycles. The van der Waals surface area contributed by atoms with Crippen LogP contribution in [0, 0.1) is 13.8 Å². The normalized spacial score (nSPS) is 16.5. The van der Waals surface area contributed by atoms with Gasteiger partial charge in [-0.25, -0.2) is 15.0 Å². The van der Waals surface area contributed by atoms with Crippen molar-refractivity contribution in [3.8, 4) is 0 Å². The lowest BCUT2D eigenvalue weighted by Gasteiger charge is -2.35. The number of aryl methyl sites for hydroxylation is 2. The Hall–Kier alpha value is -5.74. The Morgan fingerprint density at radius 1 is 0.933 bits per heavy atom. The average Bonchev–Trinajstić information content (AvgIpc) is 3.83. The van der Waals surface area contributed by atoms with Gasteiger partial charge >= 0.3 is 0 Å². The number of benzene rings is 2. The van der Waals surface area contributed by atoms with Gasteiger partial charge in [0.15, 0.2) is 5.13 Å². The fraction of sp³-hybridized carbons (Fsp3) is 0.419. The maximum atomic E-state index is 13.1. The van der Waals surface area contributed by atoms with Gasteiger partial charge in [0.25, 0.3) is 11.8 Å². The predicted molar refractivity (Wildman–Crippen MR) is 229 cm³/mol. The number of piperazine rings is 1. The van der Waals surface area contributed by atoms with E-state index >= 15 is 0 Å². The first-order valence-corrected chi connectivity index (χ1v) is 21.6. The Labute approximate surface area is 357 Å². The number of halogens is 1. The van der Waals surface area contributed by atoms with Crippen LogP contribution in [0.1, 0.15) is 100 Å². The molecule has 1 atom stereocenters. The SMILES string of the molecule is Cc1nc(Nc2ncc(C(=O)Nc3c(C)cccc3Cl)s2)cc(N2CCN(C(=O)CCCCCCCC(=O)Cc3cccc4c3CN(C3CCC(=O)NC3=O)C4=O)CC2)n1. The minimum Gasteiger partial charge on any atom is -0.353 e. The van der Waals surface area contributed by atoms with Crippen molar-refractivity contribution in [1.29, 1.82) is 0 Å². The van der Waals surface area contributed by atoms with Gasteiger partial charge in [0.1, 0.15) is 34.2 Å². The van der Waals surface area contributed by atoms with E-state index in [-0.39, 0.29) is 48.8 Å². The third-order valence-electron chi connectivity index (χ3n) is 11.1. The van der Waals surface area contributed by atoms with Crippen LogP contribution >= 0.6 is 22.9 Å². The number of unbranched alkanes of at least 4 members (excludes halogenated alkanes) is 4. The lowest BCUT2D eigenvalue weighted by atomic mass is 9.97. The summed E-state index contributed by atoms with van der Waals surface area (Å²) in [7, 11) is 0. The van der Waals surface area contributed by atoms with Crippen molar-refractivity contribution in [2.24, 2.45) is 0 Å². The number of amides is 5. The van der Waals surface area contributed by atoms with E-state index in [0.29, 0.717) is 83.4 Å². The molecular formula is C43H48ClN9O6S. The monoisotopic (exact) mass is 853 g/mol. The molecular weight excluding hydrogens is 806 g/mol. The molecule has 15 nitrogen and oxygen atoms in total. The highest BCUT2D eigenvalue weighted by Gasteiger charge is 2.40. The molecule has 2 aromatic heterocycles. The zero-order valence-corrected chi connectivity index (χ0v) is 35.3. The van der Waals surface area contributed by atoms with Crippen LogP contribution in [0.25, 0.3) is 0 Å². The second-order valence-electron chi connectivity index (χ2n) is 15.4. The van der Waals surface area contributed by atoms with Crippen LogP contribution < -0.4 is 20.9 Å². The van der Waals surface area contributed by atoms with Gasteiger partial charge in [-0.15, -0.1) is 0 Å². The number of nitrogens with zero attached hydrogens (tertiary/aromatic N) is 6. The molecule has 2 fully saturated rings. The molecule has 60 heavy (non-hydrogen) atoms.